The predicted molar refractivity (Wildman–Crippen MR) is 491 cm³/mol. The lowest BCUT2D eigenvalue weighted by atomic mass is 9.85. The van der Waals surface area contributed by atoms with Gasteiger partial charge in [-0.2, -0.15) is 0 Å². The van der Waals surface area contributed by atoms with Gasteiger partial charge in [-0.3, -0.25) is 14.4 Å². The maximum absolute atomic E-state index is 13.1. The number of ether oxygens (including phenoxy) is 12. The Hall–Kier alpha value is -5.51. The first kappa shape index (κ1) is 108. The molecule has 0 aromatic carbocycles. The highest BCUT2D eigenvalue weighted by Crippen LogP contribution is 2.31. The van der Waals surface area contributed by atoms with Crippen LogP contribution in [-0.2, 0) is 148 Å². The Labute approximate surface area is 757 Å². The van der Waals surface area contributed by atoms with Crippen molar-refractivity contribution in [3.63, 3.8) is 0 Å². The second kappa shape index (κ2) is 59.0. The van der Waals surface area contributed by atoms with Gasteiger partial charge in [-0.05, 0) is 123 Å². The van der Waals surface area contributed by atoms with Crippen LogP contribution in [0.3, 0.4) is 0 Å². The molecule has 0 atom stereocenters. The summed E-state index contributed by atoms with van der Waals surface area (Å²) in [5.41, 5.74) is 3.46. The summed E-state index contributed by atoms with van der Waals surface area (Å²) in [5.74, 6) is -0.0917. The molecule has 46 heteroatoms. The quantitative estimate of drug-likeness (QED) is 0.0138. The minimum atomic E-state index is -1.98. The van der Waals surface area contributed by atoms with E-state index in [9.17, 15) is 19.2 Å². The van der Waals surface area contributed by atoms with Gasteiger partial charge in [0.05, 0.1) is 197 Å². The van der Waals surface area contributed by atoms with Gasteiger partial charge in [-0.25, -0.2) is 43.9 Å². The molecule has 37 nitrogen and oxygen atoms in total. The first-order valence-electron chi connectivity index (χ1n) is 42.9. The summed E-state index contributed by atoms with van der Waals surface area (Å²) in [7, 11) is -11.6. The van der Waals surface area contributed by atoms with E-state index in [1.54, 1.807) is 126 Å². The molecule has 0 saturated carbocycles. The number of ketones is 1. The highest BCUT2D eigenvalue weighted by atomic mass is 32.2. The van der Waals surface area contributed by atoms with Crippen molar-refractivity contribution >= 4 is 109 Å². The molecule has 0 bridgehead atoms. The van der Waals surface area contributed by atoms with Crippen molar-refractivity contribution in [1.29, 1.82) is 0 Å². The Bertz CT molecular complexity index is 3610. The predicted octanol–water partition coefficient (Wildman–Crippen LogP) is 9.25. The van der Waals surface area contributed by atoms with Crippen LogP contribution in [0.25, 0.3) is 0 Å². The number of hydrogen-bond donors (Lipinski definition) is 3. The Morgan fingerprint density at radius 2 is 0.584 bits per heavy atom. The number of Topliss-reactive ketones (excluding diaryl/α,β-unsaturated/α-hetero) is 1. The molecule has 0 saturated heterocycles. The smallest absolute Gasteiger partial charge is 0.216 e. The highest BCUT2D eigenvalue weighted by molar-refractivity contribution is 8.01. The van der Waals surface area contributed by atoms with Crippen molar-refractivity contribution in [2.45, 2.75) is 225 Å². The number of carbonyl (C=O) groups is 4. The standard InChI is InChI=1S/C79H140N18O19S3Si6/c1-66(98)44-79(60-111-57-73-51-95(92-89-73)23-26-102-29-32-105-35-38-108-54-70-45-83-76(84-46-70)117-63-123(11,12)114-120(5,6)41-17-20-80-67(2)99,61-112-58-74-52-96(93-90-74)24-27-103-30-33-106-36-39-109-55-71-47-85-77(86-48-71)118-64-124(13,14)115-121(7,8)42-18-21-81-68(3)100)62-113-59-75-53-97(94-91-75)25-28-104-31-34-107-37-40-110-56-72-49-87-78(88-50-72)119-65-125(15,16)116-122(9,10)43-19-22-82-69(4)101/h45-53H,17-44,54-65H2,1-16H3,(H,80,99)(H,81,100)(H,82,101). The Morgan fingerprint density at radius 3 is 0.832 bits per heavy atom. The summed E-state index contributed by atoms with van der Waals surface area (Å²) in [6.07, 6.45) is 19.0. The molecular weight excluding hydrogens is 1770 g/mol. The zero-order valence-corrected chi connectivity index (χ0v) is 85.1. The van der Waals surface area contributed by atoms with Crippen LogP contribution >= 0.6 is 35.3 Å². The van der Waals surface area contributed by atoms with Gasteiger partial charge in [0, 0.05) is 122 Å². The molecule has 0 radical (unpaired) electrons. The zero-order valence-electron chi connectivity index (χ0n) is 76.7. The van der Waals surface area contributed by atoms with Gasteiger partial charge >= 0.3 is 0 Å². The summed E-state index contributed by atoms with van der Waals surface area (Å²) in [6, 6.07) is 2.97. The lowest BCUT2D eigenvalue weighted by molar-refractivity contribution is -0.128. The summed E-state index contributed by atoms with van der Waals surface area (Å²) >= 11 is 4.87. The van der Waals surface area contributed by atoms with Crippen LogP contribution in [-0.4, -0.2) is 303 Å². The number of nitrogens with zero attached hydrogens (tertiary/aromatic N) is 15. The Kier molecular flexibility index (Phi) is 51.1. The van der Waals surface area contributed by atoms with E-state index >= 15 is 0 Å². The van der Waals surface area contributed by atoms with E-state index in [4.69, 9.17) is 69.2 Å². The molecule has 3 N–H and O–H groups in total. The summed E-state index contributed by atoms with van der Waals surface area (Å²) in [5, 5.41) is 39.2. The van der Waals surface area contributed by atoms with E-state index in [-0.39, 0.29) is 69.6 Å². The van der Waals surface area contributed by atoms with Crippen molar-refractivity contribution in [1.82, 2.24) is 90.8 Å². The van der Waals surface area contributed by atoms with E-state index in [0.29, 0.717) is 191 Å². The number of thioether (sulfide) groups is 3. The van der Waals surface area contributed by atoms with Crippen molar-refractivity contribution in [2.75, 3.05) is 155 Å². The average Bonchev–Trinajstić information content (AvgIpc) is 1.29. The SMILES string of the molecule is CC(=O)CC(COCc1cn(CCOCCOCCOCc2cnc(SC[Si](C)(C)O[Si](C)(C)CCCNC(C)=O)nc2)nn1)(COCc1cn(CCOCCOCCOCc2cnc(SC[Si](C)(C)O[Si](C)(C)CCCNC(C)=O)nc2)nn1)COCc1cn(CCOCCOCCOCc2cnc(SC[Si](C)(C)O[Si](C)(C)CCCNC(C)=O)nc2)nn1. The van der Waals surface area contributed by atoms with Crippen LogP contribution in [0.5, 0.6) is 0 Å². The van der Waals surface area contributed by atoms with Crippen LogP contribution in [0.1, 0.15) is 87.2 Å². The second-order valence-electron chi connectivity index (χ2n) is 34.2. The molecular formula is C79H140N18O19S3Si6. The normalized spacial score (nSPS) is 12.5. The van der Waals surface area contributed by atoms with Gasteiger partial charge in [0.1, 0.15) is 22.9 Å². The number of hydrogen-bond acceptors (Lipinski definition) is 34. The van der Waals surface area contributed by atoms with E-state index in [0.717, 1.165) is 70.2 Å². The van der Waals surface area contributed by atoms with E-state index in [1.807, 2.05) is 0 Å². The molecule has 0 aliphatic rings. The fraction of sp³-hybridized carbons (Fsp3) is 0.722. The lowest BCUT2D eigenvalue weighted by Gasteiger charge is -2.33. The molecule has 0 fully saturated rings. The minimum Gasteiger partial charge on any atom is -0.455 e. The molecule has 0 aliphatic carbocycles. The third-order valence-electron chi connectivity index (χ3n) is 18.1. The fourth-order valence-electron chi connectivity index (χ4n) is 12.8. The number of rotatable bonds is 74. The maximum Gasteiger partial charge on any atom is 0.216 e. The third-order valence-corrected chi connectivity index (χ3v) is 47.5. The van der Waals surface area contributed by atoms with Gasteiger partial charge in [0.25, 0.3) is 0 Å². The van der Waals surface area contributed by atoms with Gasteiger partial charge in [0.2, 0.25) is 17.7 Å². The number of nitrogens with one attached hydrogen (secondary N) is 3. The molecule has 3 amide bonds. The van der Waals surface area contributed by atoms with Gasteiger partial charge < -0.3 is 89.9 Å². The number of carbonyl (C=O) groups excluding carboxylic acids is 4. The first-order chi connectivity index (χ1) is 59.6. The van der Waals surface area contributed by atoms with Crippen LogP contribution < -0.4 is 16.0 Å². The maximum atomic E-state index is 13.1. The topological polar surface area (TPSA) is 412 Å². The molecule has 702 valence electrons. The van der Waals surface area contributed by atoms with Gasteiger partial charge in [0.15, 0.2) is 65.4 Å². The van der Waals surface area contributed by atoms with E-state index < -0.39 is 55.3 Å². The van der Waals surface area contributed by atoms with Crippen molar-refractivity contribution in [3.05, 3.63) is 89.5 Å². The van der Waals surface area contributed by atoms with Crippen LogP contribution in [0, 0.1) is 5.41 Å². The molecule has 6 rings (SSSR count). The molecule has 6 heterocycles. The highest BCUT2D eigenvalue weighted by Gasteiger charge is 2.38. The van der Waals surface area contributed by atoms with E-state index in [2.05, 4.69) is 155 Å². The molecule has 6 aromatic rings. The zero-order chi connectivity index (χ0) is 90.7. The van der Waals surface area contributed by atoms with Gasteiger partial charge in [-0.15, -0.1) is 15.3 Å². The summed E-state index contributed by atoms with van der Waals surface area (Å²) in [6.45, 7) is 44.0. The van der Waals surface area contributed by atoms with Crippen LogP contribution in [0.15, 0.2) is 71.2 Å². The summed E-state index contributed by atoms with van der Waals surface area (Å²) < 4.78 is 96.5. The Balaban J connectivity index is 0.873. The average molecular weight is 1910 g/mol. The third kappa shape index (κ3) is 51.6. The monoisotopic (exact) mass is 1910 g/mol. The van der Waals surface area contributed by atoms with E-state index in [1.165, 1.54) is 6.92 Å². The first-order valence-corrected chi connectivity index (χ1v) is 64.5. The number of amides is 3. The molecule has 125 heavy (non-hydrogen) atoms. The Morgan fingerprint density at radius 1 is 0.336 bits per heavy atom. The van der Waals surface area contributed by atoms with Crippen molar-refractivity contribution in [2.24, 2.45) is 5.41 Å². The minimum absolute atomic E-state index is 0.00460. The second-order valence-corrected chi connectivity index (χ2v) is 64.7. The fourth-order valence-corrected chi connectivity index (χ4v) is 43.9. The molecule has 0 spiro atoms. The van der Waals surface area contributed by atoms with Crippen LogP contribution in [0.4, 0.5) is 0 Å². The van der Waals surface area contributed by atoms with Crippen molar-refractivity contribution < 1.29 is 88.4 Å². The van der Waals surface area contributed by atoms with Crippen molar-refractivity contribution in [3.8, 4) is 0 Å². The van der Waals surface area contributed by atoms with Gasteiger partial charge in [-0.1, -0.05) is 50.9 Å². The van der Waals surface area contributed by atoms with Crippen LogP contribution in [0.2, 0.25) is 96.7 Å². The molecule has 0 unspecified atom stereocenters. The largest absolute Gasteiger partial charge is 0.455 e. The number of aromatic nitrogens is 15. The summed E-state index contributed by atoms with van der Waals surface area (Å²) in [4.78, 5) is 74.2. The lowest BCUT2D eigenvalue weighted by Crippen LogP contribution is -2.46. The molecule has 0 aliphatic heterocycles. The molecule has 6 aromatic heterocycles.